The molecule has 0 unspecified atom stereocenters. The van der Waals surface area contributed by atoms with Gasteiger partial charge in [0.05, 0.1) is 4.90 Å². The molecule has 0 aromatic heterocycles. The fraction of sp³-hybridized carbons (Fsp3) is 0.381. The lowest BCUT2D eigenvalue weighted by atomic mass is 10.2. The van der Waals surface area contributed by atoms with Gasteiger partial charge in [-0.1, -0.05) is 29.8 Å². The number of hydrogen-bond acceptors (Lipinski definition) is 5. The molecule has 2 aromatic carbocycles. The highest BCUT2D eigenvalue weighted by atomic mass is 32.2. The second-order valence-corrected chi connectivity index (χ2v) is 9.17. The molecule has 1 aliphatic rings. The second kappa shape index (κ2) is 9.39. The summed E-state index contributed by atoms with van der Waals surface area (Å²) in [6.07, 6.45) is 0. The van der Waals surface area contributed by atoms with E-state index in [9.17, 15) is 13.2 Å². The number of carbonyl (C=O) groups is 1. The zero-order chi connectivity index (χ0) is 20.9. The van der Waals surface area contributed by atoms with E-state index in [-0.39, 0.29) is 17.4 Å². The molecule has 2 aromatic rings. The Morgan fingerprint density at radius 2 is 1.62 bits per heavy atom. The summed E-state index contributed by atoms with van der Waals surface area (Å²) in [5, 5.41) is 2.78. The lowest BCUT2D eigenvalue weighted by molar-refractivity contribution is -0.123. The fourth-order valence-corrected chi connectivity index (χ4v) is 4.41. The van der Waals surface area contributed by atoms with E-state index in [0.29, 0.717) is 25.4 Å². The van der Waals surface area contributed by atoms with E-state index in [1.54, 1.807) is 24.3 Å². The summed E-state index contributed by atoms with van der Waals surface area (Å²) in [4.78, 5) is 14.4. The first-order chi connectivity index (χ1) is 13.8. The molecule has 1 N–H and O–H groups in total. The van der Waals surface area contributed by atoms with Crippen molar-refractivity contribution in [3.05, 3.63) is 59.7 Å². The molecule has 0 spiro atoms. The van der Waals surface area contributed by atoms with E-state index in [1.807, 2.05) is 38.2 Å². The van der Waals surface area contributed by atoms with Gasteiger partial charge in [-0.05, 0) is 43.8 Å². The predicted molar refractivity (Wildman–Crippen MR) is 111 cm³/mol. The third-order valence-corrected chi connectivity index (χ3v) is 6.82. The van der Waals surface area contributed by atoms with Gasteiger partial charge in [0.25, 0.3) is 5.91 Å². The Morgan fingerprint density at radius 3 is 2.24 bits per heavy atom. The molecule has 8 heteroatoms. The number of nitrogens with one attached hydrogen (secondary N) is 1. The molecule has 0 aliphatic carbocycles. The van der Waals surface area contributed by atoms with Crippen LogP contribution in [0, 0.1) is 6.92 Å². The quantitative estimate of drug-likeness (QED) is 0.741. The summed E-state index contributed by atoms with van der Waals surface area (Å²) in [6.45, 7) is 4.68. The van der Waals surface area contributed by atoms with Gasteiger partial charge in [-0.2, -0.15) is 4.31 Å². The van der Waals surface area contributed by atoms with Crippen LogP contribution in [-0.4, -0.2) is 63.4 Å². The number of benzene rings is 2. The van der Waals surface area contributed by atoms with Gasteiger partial charge in [0.2, 0.25) is 10.0 Å². The minimum Gasteiger partial charge on any atom is -0.484 e. The molecular weight excluding hydrogens is 390 g/mol. The van der Waals surface area contributed by atoms with E-state index in [2.05, 4.69) is 10.2 Å². The first kappa shape index (κ1) is 21.3. The minimum absolute atomic E-state index is 0.0705. The molecule has 7 nitrogen and oxygen atoms in total. The molecule has 1 fully saturated rings. The van der Waals surface area contributed by atoms with Crippen molar-refractivity contribution in [3.8, 4) is 5.75 Å². The maximum Gasteiger partial charge on any atom is 0.258 e. The van der Waals surface area contributed by atoms with Crippen LogP contribution in [0.25, 0.3) is 0 Å². The Bertz CT molecular complexity index is 919. The van der Waals surface area contributed by atoms with Gasteiger partial charge < -0.3 is 15.0 Å². The zero-order valence-electron chi connectivity index (χ0n) is 16.8. The van der Waals surface area contributed by atoms with Crippen molar-refractivity contribution in [2.24, 2.45) is 0 Å². The van der Waals surface area contributed by atoms with Crippen LogP contribution in [0.4, 0.5) is 0 Å². The Morgan fingerprint density at radius 1 is 1.00 bits per heavy atom. The Labute approximate surface area is 172 Å². The van der Waals surface area contributed by atoms with E-state index in [0.717, 1.165) is 24.2 Å². The number of carbonyl (C=O) groups excluding carboxylic acids is 1. The number of hydrogen-bond donors (Lipinski definition) is 1. The van der Waals surface area contributed by atoms with E-state index < -0.39 is 10.0 Å². The summed E-state index contributed by atoms with van der Waals surface area (Å²) >= 11 is 0. The molecule has 0 atom stereocenters. The van der Waals surface area contributed by atoms with Crippen molar-refractivity contribution >= 4 is 15.9 Å². The monoisotopic (exact) mass is 417 g/mol. The van der Waals surface area contributed by atoms with Crippen molar-refractivity contribution in [3.63, 3.8) is 0 Å². The fourth-order valence-electron chi connectivity index (χ4n) is 2.99. The smallest absolute Gasteiger partial charge is 0.258 e. The normalized spacial score (nSPS) is 15.8. The van der Waals surface area contributed by atoms with Crippen LogP contribution >= 0.6 is 0 Å². The number of amides is 1. The molecule has 1 heterocycles. The van der Waals surface area contributed by atoms with E-state index in [4.69, 9.17) is 4.74 Å². The predicted octanol–water partition coefficient (Wildman–Crippen LogP) is 1.63. The highest BCUT2D eigenvalue weighted by Crippen LogP contribution is 2.18. The first-order valence-corrected chi connectivity index (χ1v) is 11.0. The van der Waals surface area contributed by atoms with Crippen LogP contribution in [0.1, 0.15) is 11.1 Å². The Balaban J connectivity index is 1.49. The van der Waals surface area contributed by atoms with Crippen LogP contribution in [0.2, 0.25) is 0 Å². The number of ether oxygens (including phenoxy) is 1. The molecular formula is C21H27N3O4S. The highest BCUT2D eigenvalue weighted by Gasteiger charge is 2.27. The van der Waals surface area contributed by atoms with Crippen LogP contribution in [0.3, 0.4) is 0 Å². The first-order valence-electron chi connectivity index (χ1n) is 9.58. The average molecular weight is 418 g/mol. The van der Waals surface area contributed by atoms with Crippen LogP contribution in [-0.2, 0) is 21.4 Å². The van der Waals surface area contributed by atoms with Crippen molar-refractivity contribution in [2.45, 2.75) is 18.4 Å². The zero-order valence-corrected chi connectivity index (χ0v) is 17.6. The van der Waals surface area contributed by atoms with E-state index >= 15 is 0 Å². The topological polar surface area (TPSA) is 78.9 Å². The average Bonchev–Trinajstić information content (AvgIpc) is 2.72. The standard InChI is InChI=1S/C21H27N3O4S/c1-17-3-7-19(8-4-17)28-16-21(25)22-15-18-5-9-20(10-6-18)29(26,27)24-13-11-23(2)12-14-24/h3-10H,11-16H2,1-2H3,(H,22,25). The molecule has 156 valence electrons. The van der Waals surface area contributed by atoms with Crippen molar-refractivity contribution in [2.75, 3.05) is 39.8 Å². The number of piperazine rings is 1. The van der Waals surface area contributed by atoms with Gasteiger partial charge in [0.15, 0.2) is 6.61 Å². The van der Waals surface area contributed by atoms with Gasteiger partial charge in [0.1, 0.15) is 5.75 Å². The molecule has 1 amide bonds. The molecule has 3 rings (SSSR count). The SMILES string of the molecule is Cc1ccc(OCC(=O)NCc2ccc(S(=O)(=O)N3CCN(C)CC3)cc2)cc1. The molecule has 0 saturated carbocycles. The summed E-state index contributed by atoms with van der Waals surface area (Å²) in [5.74, 6) is 0.406. The minimum atomic E-state index is -3.48. The third kappa shape index (κ3) is 5.79. The van der Waals surface area contributed by atoms with Crippen LogP contribution in [0.15, 0.2) is 53.4 Å². The molecule has 0 radical (unpaired) electrons. The number of likely N-dealkylation sites (N-methyl/N-ethyl adjacent to an activating group) is 1. The van der Waals surface area contributed by atoms with Crippen molar-refractivity contribution in [1.29, 1.82) is 0 Å². The maximum absolute atomic E-state index is 12.7. The van der Waals surface area contributed by atoms with Gasteiger partial charge in [-0.15, -0.1) is 0 Å². The summed E-state index contributed by atoms with van der Waals surface area (Å²) in [7, 11) is -1.49. The lowest BCUT2D eigenvalue weighted by Crippen LogP contribution is -2.47. The number of nitrogens with zero attached hydrogens (tertiary/aromatic N) is 2. The maximum atomic E-state index is 12.7. The Kier molecular flexibility index (Phi) is 6.89. The third-order valence-electron chi connectivity index (χ3n) is 4.90. The Hall–Kier alpha value is -2.42. The highest BCUT2D eigenvalue weighted by molar-refractivity contribution is 7.89. The van der Waals surface area contributed by atoms with Gasteiger partial charge in [-0.25, -0.2) is 8.42 Å². The molecule has 0 bridgehead atoms. The van der Waals surface area contributed by atoms with Gasteiger partial charge >= 0.3 is 0 Å². The molecule has 1 aliphatic heterocycles. The largest absolute Gasteiger partial charge is 0.484 e. The number of aryl methyl sites for hydroxylation is 1. The van der Waals surface area contributed by atoms with Crippen molar-refractivity contribution in [1.82, 2.24) is 14.5 Å². The van der Waals surface area contributed by atoms with Crippen LogP contribution < -0.4 is 10.1 Å². The number of sulfonamides is 1. The lowest BCUT2D eigenvalue weighted by Gasteiger charge is -2.31. The molecule has 29 heavy (non-hydrogen) atoms. The van der Waals surface area contributed by atoms with Gasteiger partial charge in [-0.3, -0.25) is 4.79 Å². The summed E-state index contributed by atoms with van der Waals surface area (Å²) < 4.78 is 32.4. The van der Waals surface area contributed by atoms with E-state index in [1.165, 1.54) is 4.31 Å². The van der Waals surface area contributed by atoms with Crippen LogP contribution in [0.5, 0.6) is 5.75 Å². The summed E-state index contributed by atoms with van der Waals surface area (Å²) in [5.41, 5.74) is 1.95. The second-order valence-electron chi connectivity index (χ2n) is 7.23. The summed E-state index contributed by atoms with van der Waals surface area (Å²) in [6, 6.07) is 14.1. The van der Waals surface area contributed by atoms with Crippen molar-refractivity contribution < 1.29 is 17.9 Å². The molecule has 1 saturated heterocycles. The number of rotatable bonds is 7. The van der Waals surface area contributed by atoms with Gasteiger partial charge in [0, 0.05) is 32.7 Å².